The highest BCUT2D eigenvalue weighted by Gasteiger charge is 2.23. The molecule has 14 heavy (non-hydrogen) atoms. The van der Waals surface area contributed by atoms with Gasteiger partial charge in [0.1, 0.15) is 28.3 Å². The number of hydrogen-bond acceptors (Lipinski definition) is 5. The molecule has 1 rings (SSSR count). The monoisotopic (exact) mass is 225 g/mol. The van der Waals surface area contributed by atoms with Gasteiger partial charge in [0.2, 0.25) is 4.21 Å². The summed E-state index contributed by atoms with van der Waals surface area (Å²) in [5.41, 5.74) is 5.89. The molecule has 72 valence electrons. The molecule has 0 fully saturated rings. The van der Waals surface area contributed by atoms with E-state index in [0.29, 0.717) is 9.96 Å². The van der Waals surface area contributed by atoms with Crippen LogP contribution in [-0.4, -0.2) is 10.3 Å². The van der Waals surface area contributed by atoms with E-state index in [1.54, 1.807) is 6.92 Å². The molecule has 1 aromatic rings. The zero-order chi connectivity index (χ0) is 10.7. The second-order valence-electron chi connectivity index (χ2n) is 2.37. The van der Waals surface area contributed by atoms with Gasteiger partial charge in [-0.05, 0) is 18.1 Å². The van der Waals surface area contributed by atoms with Gasteiger partial charge in [-0.2, -0.15) is 10.5 Å². The van der Waals surface area contributed by atoms with Crippen LogP contribution < -0.4 is 5.73 Å². The highest BCUT2D eigenvalue weighted by Crippen LogP contribution is 2.33. The smallest absolute Gasteiger partial charge is 0.227 e. The molecule has 6 heteroatoms. The maximum atomic E-state index is 11.5. The third-order valence-electron chi connectivity index (χ3n) is 1.60. The molecule has 0 aliphatic heterocycles. The fourth-order valence-corrected chi connectivity index (χ4v) is 3.22. The van der Waals surface area contributed by atoms with Crippen molar-refractivity contribution < 1.29 is 4.55 Å². The Hall–Kier alpha value is -1.21. The number of nitriles is 2. The first-order chi connectivity index (χ1) is 6.65. The van der Waals surface area contributed by atoms with Gasteiger partial charge in [-0.15, -0.1) is 0 Å². The average molecular weight is 225 g/mol. The summed E-state index contributed by atoms with van der Waals surface area (Å²) >= 11 is -0.193. The lowest BCUT2D eigenvalue weighted by molar-refractivity contribution is 0.598. The van der Waals surface area contributed by atoms with E-state index in [1.165, 1.54) is 0 Å². The van der Waals surface area contributed by atoms with Crippen LogP contribution in [0.15, 0.2) is 4.21 Å². The summed E-state index contributed by atoms with van der Waals surface area (Å²) in [7, 11) is 0. The molecule has 1 atom stereocenters. The van der Waals surface area contributed by atoms with E-state index in [2.05, 4.69) is 0 Å². The van der Waals surface area contributed by atoms with E-state index in [1.807, 2.05) is 12.1 Å². The number of rotatable bonds is 2. The van der Waals surface area contributed by atoms with Crippen molar-refractivity contribution in [2.24, 2.45) is 0 Å². The minimum atomic E-state index is -1.23. The molecule has 0 spiro atoms. The van der Waals surface area contributed by atoms with Gasteiger partial charge in [0.25, 0.3) is 0 Å². The Morgan fingerprint density at radius 2 is 2.14 bits per heavy atom. The van der Waals surface area contributed by atoms with Crippen LogP contribution in [0.4, 0.5) is 5.69 Å². The molecule has 0 radical (unpaired) electrons. The molecule has 0 saturated carbocycles. The topological polar surface area (TPSA) is 96.7 Å². The molecule has 0 saturated heterocycles. The van der Waals surface area contributed by atoms with Crippen LogP contribution in [0.1, 0.15) is 17.4 Å². The van der Waals surface area contributed by atoms with Crippen LogP contribution in [0.5, 0.6) is 0 Å². The predicted octanol–water partition coefficient (Wildman–Crippen LogP) is 1.20. The van der Waals surface area contributed by atoms with Crippen molar-refractivity contribution in [2.75, 3.05) is 11.5 Å². The third-order valence-corrected chi connectivity index (χ3v) is 4.45. The van der Waals surface area contributed by atoms with Crippen molar-refractivity contribution in [3.05, 3.63) is 10.4 Å². The van der Waals surface area contributed by atoms with Crippen LogP contribution in [0, 0.1) is 22.7 Å². The van der Waals surface area contributed by atoms with Crippen LogP contribution in [0.25, 0.3) is 0 Å². The van der Waals surface area contributed by atoms with Crippen molar-refractivity contribution in [3.63, 3.8) is 0 Å². The minimum Gasteiger partial charge on any atom is -0.611 e. The van der Waals surface area contributed by atoms with Gasteiger partial charge in [0.05, 0.1) is 5.69 Å². The van der Waals surface area contributed by atoms with Crippen LogP contribution in [-0.2, 0) is 11.2 Å². The first-order valence-corrected chi connectivity index (χ1v) is 5.90. The summed E-state index contributed by atoms with van der Waals surface area (Å²) < 4.78 is 11.9. The minimum absolute atomic E-state index is 0.150. The lowest BCUT2D eigenvalue weighted by Crippen LogP contribution is -2.03. The van der Waals surface area contributed by atoms with Gasteiger partial charge in [-0.3, -0.25) is 0 Å². The number of nitrogens with zero attached hydrogens (tertiary/aromatic N) is 2. The summed E-state index contributed by atoms with van der Waals surface area (Å²) in [5, 5.41) is 17.5. The van der Waals surface area contributed by atoms with E-state index in [9.17, 15) is 4.55 Å². The van der Waals surface area contributed by atoms with Gasteiger partial charge in [-0.1, -0.05) is 11.3 Å². The Balaban J connectivity index is 3.33. The maximum absolute atomic E-state index is 11.5. The molecular formula is C8H7N3OS2. The molecule has 0 aliphatic rings. The van der Waals surface area contributed by atoms with Crippen molar-refractivity contribution in [3.8, 4) is 12.1 Å². The van der Waals surface area contributed by atoms with Crippen molar-refractivity contribution in [1.29, 1.82) is 10.5 Å². The van der Waals surface area contributed by atoms with Gasteiger partial charge >= 0.3 is 0 Å². The van der Waals surface area contributed by atoms with E-state index in [0.717, 1.165) is 11.3 Å². The van der Waals surface area contributed by atoms with Gasteiger partial charge in [0, 0.05) is 0 Å². The van der Waals surface area contributed by atoms with E-state index in [4.69, 9.17) is 16.3 Å². The quantitative estimate of drug-likeness (QED) is 0.765. The molecule has 0 aliphatic carbocycles. The lowest BCUT2D eigenvalue weighted by atomic mass is 10.3. The third kappa shape index (κ3) is 1.68. The Kier molecular flexibility index (Phi) is 3.37. The molecule has 0 aromatic carbocycles. The molecule has 1 heterocycles. The predicted molar refractivity (Wildman–Crippen MR) is 55.1 cm³/mol. The van der Waals surface area contributed by atoms with Crippen LogP contribution >= 0.6 is 11.3 Å². The Bertz CT molecular complexity index is 427. The highest BCUT2D eigenvalue weighted by atomic mass is 32.2. The summed E-state index contributed by atoms with van der Waals surface area (Å²) in [4.78, 5) is 0.262. The van der Waals surface area contributed by atoms with Gasteiger partial charge in [0.15, 0.2) is 0 Å². The van der Waals surface area contributed by atoms with E-state index >= 15 is 0 Å². The number of nitrogen functional groups attached to an aromatic ring is 1. The van der Waals surface area contributed by atoms with Crippen molar-refractivity contribution in [1.82, 2.24) is 0 Å². The normalized spacial score (nSPS) is 11.7. The van der Waals surface area contributed by atoms with E-state index in [-0.39, 0.29) is 16.1 Å². The summed E-state index contributed by atoms with van der Waals surface area (Å²) in [6.45, 7) is 1.75. The molecule has 2 N–H and O–H groups in total. The van der Waals surface area contributed by atoms with Crippen LogP contribution in [0.3, 0.4) is 0 Å². The summed E-state index contributed by atoms with van der Waals surface area (Å²) in [6, 6.07) is 3.75. The fraction of sp³-hybridized carbons (Fsp3) is 0.250. The van der Waals surface area contributed by atoms with Crippen molar-refractivity contribution >= 4 is 28.2 Å². The standard InChI is InChI=1S/C8H7N3OS2/c1-2-14(12)8-5(3-9)7(11)6(4-10)13-8/h2,11H2,1H3. The number of nitrogens with two attached hydrogens (primary N) is 1. The summed E-state index contributed by atoms with van der Waals surface area (Å²) in [5.74, 6) is 0.416. The Morgan fingerprint density at radius 3 is 2.57 bits per heavy atom. The van der Waals surface area contributed by atoms with E-state index < -0.39 is 11.2 Å². The fourth-order valence-electron chi connectivity index (χ4n) is 0.903. The Morgan fingerprint density at radius 1 is 1.50 bits per heavy atom. The average Bonchev–Trinajstić information content (AvgIpc) is 2.53. The Labute approximate surface area is 88.8 Å². The van der Waals surface area contributed by atoms with Gasteiger partial charge < -0.3 is 10.3 Å². The molecule has 0 amide bonds. The first kappa shape index (κ1) is 10.9. The second-order valence-corrected chi connectivity index (χ2v) is 5.32. The van der Waals surface area contributed by atoms with Gasteiger partial charge in [-0.25, -0.2) is 0 Å². The second kappa shape index (κ2) is 4.34. The zero-order valence-electron chi connectivity index (χ0n) is 7.40. The molecule has 0 bridgehead atoms. The number of anilines is 1. The largest absolute Gasteiger partial charge is 0.611 e. The number of hydrogen-bond donors (Lipinski definition) is 1. The molecule has 1 unspecified atom stereocenters. The zero-order valence-corrected chi connectivity index (χ0v) is 9.04. The first-order valence-electron chi connectivity index (χ1n) is 3.76. The van der Waals surface area contributed by atoms with Crippen molar-refractivity contribution in [2.45, 2.75) is 11.1 Å². The lowest BCUT2D eigenvalue weighted by Gasteiger charge is -2.04. The SMILES string of the molecule is CC[S+]([O-])c1sc(C#N)c(N)c1C#N. The van der Waals surface area contributed by atoms with Crippen LogP contribution in [0.2, 0.25) is 0 Å². The number of thiophene rings is 1. The molecule has 1 aromatic heterocycles. The highest BCUT2D eigenvalue weighted by molar-refractivity contribution is 7.93. The summed E-state index contributed by atoms with van der Waals surface area (Å²) in [6.07, 6.45) is 0. The maximum Gasteiger partial charge on any atom is 0.227 e. The molecular weight excluding hydrogens is 218 g/mol. The molecule has 4 nitrogen and oxygen atoms in total.